The number of rotatable bonds is 4. The third-order valence-corrected chi connectivity index (χ3v) is 7.27. The van der Waals surface area contributed by atoms with E-state index in [9.17, 15) is 0 Å². The summed E-state index contributed by atoms with van der Waals surface area (Å²) in [7, 11) is 0. The van der Waals surface area contributed by atoms with Crippen LogP contribution in [-0.2, 0) is 0 Å². The summed E-state index contributed by atoms with van der Waals surface area (Å²) >= 11 is 0. The highest BCUT2D eigenvalue weighted by molar-refractivity contribution is 5.89. The fourth-order valence-electron chi connectivity index (χ4n) is 5.16. The molecule has 4 heteroatoms. The Balaban J connectivity index is 1.08. The molecule has 7 rings (SSSR count). The lowest BCUT2D eigenvalue weighted by Crippen LogP contribution is -1.92. The Morgan fingerprint density at radius 2 is 0.932 bits per heavy atom. The monoisotopic (exact) mass is 562 g/mol. The molecule has 0 fully saturated rings. The Bertz CT molecular complexity index is 1940. The van der Waals surface area contributed by atoms with E-state index >= 15 is 0 Å². The van der Waals surface area contributed by atoms with Gasteiger partial charge in [0.05, 0.1) is 11.4 Å². The van der Waals surface area contributed by atoms with E-state index in [-0.39, 0.29) is 0 Å². The standard InChI is InChI=1S/C40H26N4/c1-6-31(14-12-29-16-20-33(21-17-29)39(35-8-2-24-41-35)36-9-3-25-42-36)28-32(7-1)15-13-30-18-22-34(23-19-30)40(37-10-4-26-43-37)38-11-5-27-44-38/h1-11,16-28,41,43H/b39-36-,40-38+. The first-order chi connectivity index (χ1) is 21.8. The van der Waals surface area contributed by atoms with Gasteiger partial charge in [0.25, 0.3) is 0 Å². The molecule has 0 amide bonds. The Morgan fingerprint density at radius 1 is 0.477 bits per heavy atom. The molecule has 206 valence electrons. The summed E-state index contributed by atoms with van der Waals surface area (Å²) in [5.74, 6) is 13.2. The number of aliphatic imine (C=N–C) groups is 2. The maximum absolute atomic E-state index is 4.52. The minimum Gasteiger partial charge on any atom is -0.361 e. The summed E-state index contributed by atoms with van der Waals surface area (Å²) in [5.41, 5.74) is 12.0. The van der Waals surface area contributed by atoms with E-state index < -0.39 is 0 Å². The highest BCUT2D eigenvalue weighted by Crippen LogP contribution is 2.30. The first-order valence-electron chi connectivity index (χ1n) is 14.3. The molecule has 2 N–H and O–H groups in total. The van der Waals surface area contributed by atoms with E-state index in [1.165, 1.54) is 0 Å². The first kappa shape index (κ1) is 26.5. The summed E-state index contributed by atoms with van der Waals surface area (Å²) in [4.78, 5) is 15.7. The smallest absolute Gasteiger partial charge is 0.0729 e. The molecule has 0 radical (unpaired) electrons. The van der Waals surface area contributed by atoms with Gasteiger partial charge in [-0.1, -0.05) is 54.0 Å². The molecule has 0 bridgehead atoms. The maximum atomic E-state index is 4.52. The number of nitrogens with one attached hydrogen (secondary N) is 2. The summed E-state index contributed by atoms with van der Waals surface area (Å²) in [6, 6.07) is 32.7. The van der Waals surface area contributed by atoms with Crippen molar-refractivity contribution in [2.45, 2.75) is 0 Å². The van der Waals surface area contributed by atoms with Crippen molar-refractivity contribution in [3.8, 4) is 23.7 Å². The van der Waals surface area contributed by atoms with Crippen LogP contribution in [-0.4, -0.2) is 22.4 Å². The average molecular weight is 563 g/mol. The molecule has 2 aromatic heterocycles. The zero-order chi connectivity index (χ0) is 29.6. The molecule has 3 aromatic carbocycles. The van der Waals surface area contributed by atoms with E-state index in [1.54, 1.807) is 0 Å². The number of H-pyrrole nitrogens is 2. The predicted octanol–water partition coefficient (Wildman–Crippen LogP) is 7.94. The van der Waals surface area contributed by atoms with Gasteiger partial charge in [-0.05, 0) is 102 Å². The molecular weight excluding hydrogens is 536 g/mol. The minimum atomic E-state index is 0.920. The lowest BCUT2D eigenvalue weighted by atomic mass is 9.99. The van der Waals surface area contributed by atoms with Crippen LogP contribution < -0.4 is 0 Å². The summed E-state index contributed by atoms with van der Waals surface area (Å²) in [5, 5.41) is 0. The highest BCUT2D eigenvalue weighted by Gasteiger charge is 2.13. The molecule has 5 aromatic rings. The van der Waals surface area contributed by atoms with E-state index in [1.807, 2.05) is 110 Å². The molecule has 0 spiro atoms. The number of benzene rings is 3. The molecule has 44 heavy (non-hydrogen) atoms. The van der Waals surface area contributed by atoms with Crippen molar-refractivity contribution in [2.24, 2.45) is 9.98 Å². The van der Waals surface area contributed by atoms with Crippen LogP contribution in [0.4, 0.5) is 0 Å². The number of hydrogen-bond donors (Lipinski definition) is 2. The molecule has 0 aliphatic carbocycles. The number of nitrogens with zero attached hydrogens (tertiary/aromatic N) is 2. The lowest BCUT2D eigenvalue weighted by Gasteiger charge is -2.08. The van der Waals surface area contributed by atoms with Gasteiger partial charge in [-0.15, -0.1) is 0 Å². The topological polar surface area (TPSA) is 56.3 Å². The normalized spacial score (nSPS) is 15.1. The van der Waals surface area contributed by atoms with Crippen molar-refractivity contribution in [2.75, 3.05) is 0 Å². The highest BCUT2D eigenvalue weighted by atomic mass is 14.8. The molecule has 4 heterocycles. The first-order valence-corrected chi connectivity index (χ1v) is 14.3. The van der Waals surface area contributed by atoms with Gasteiger partial charge in [-0.2, -0.15) is 0 Å². The van der Waals surface area contributed by atoms with Gasteiger partial charge in [0.1, 0.15) is 0 Å². The van der Waals surface area contributed by atoms with Crippen LogP contribution >= 0.6 is 0 Å². The predicted molar refractivity (Wildman–Crippen MR) is 180 cm³/mol. The van der Waals surface area contributed by atoms with Crippen LogP contribution in [0.1, 0.15) is 44.8 Å². The summed E-state index contributed by atoms with van der Waals surface area (Å²) < 4.78 is 0. The third-order valence-electron chi connectivity index (χ3n) is 7.27. The van der Waals surface area contributed by atoms with E-state index in [2.05, 4.69) is 80.0 Å². The van der Waals surface area contributed by atoms with Crippen molar-refractivity contribution in [3.05, 3.63) is 190 Å². The van der Waals surface area contributed by atoms with Crippen LogP contribution in [0.25, 0.3) is 11.1 Å². The molecule has 0 unspecified atom stereocenters. The Kier molecular flexibility index (Phi) is 7.39. The van der Waals surface area contributed by atoms with Crippen molar-refractivity contribution in [3.63, 3.8) is 0 Å². The number of aromatic nitrogens is 2. The molecule has 2 aliphatic rings. The van der Waals surface area contributed by atoms with Crippen LogP contribution in [0.5, 0.6) is 0 Å². The zero-order valence-corrected chi connectivity index (χ0v) is 23.8. The SMILES string of the molecule is C(#Cc1cccc(C#Cc2ccc(/C(=C3/C=CC=N3)c3ccc[nH]3)cc2)c1)c1ccc(/C(=C2\C=CC=N2)c2ccc[nH]2)cc1. The van der Waals surface area contributed by atoms with Gasteiger partial charge in [-0.25, -0.2) is 0 Å². The van der Waals surface area contributed by atoms with Crippen molar-refractivity contribution in [1.29, 1.82) is 0 Å². The van der Waals surface area contributed by atoms with Gasteiger partial charge in [0.15, 0.2) is 0 Å². The number of hydrogen-bond acceptors (Lipinski definition) is 2. The zero-order valence-electron chi connectivity index (χ0n) is 23.8. The fourth-order valence-corrected chi connectivity index (χ4v) is 5.16. The van der Waals surface area contributed by atoms with E-state index in [0.717, 1.165) is 67.3 Å². The second-order valence-corrected chi connectivity index (χ2v) is 10.2. The average Bonchev–Trinajstić information content (AvgIpc) is 3.91. The van der Waals surface area contributed by atoms with Crippen molar-refractivity contribution < 1.29 is 0 Å². The van der Waals surface area contributed by atoms with Crippen molar-refractivity contribution in [1.82, 2.24) is 9.97 Å². The van der Waals surface area contributed by atoms with Gasteiger partial charge in [0, 0.05) is 69.6 Å². The quantitative estimate of drug-likeness (QED) is 0.209. The van der Waals surface area contributed by atoms with Gasteiger partial charge in [-0.3, -0.25) is 9.98 Å². The van der Waals surface area contributed by atoms with Crippen LogP contribution in [0.3, 0.4) is 0 Å². The van der Waals surface area contributed by atoms with Gasteiger partial charge in [0.2, 0.25) is 0 Å². The van der Waals surface area contributed by atoms with Crippen LogP contribution in [0, 0.1) is 23.7 Å². The number of aromatic amines is 2. The molecule has 0 saturated heterocycles. The summed E-state index contributed by atoms with van der Waals surface area (Å²) in [6.45, 7) is 0. The second-order valence-electron chi connectivity index (χ2n) is 10.2. The molecular formula is C40H26N4. The van der Waals surface area contributed by atoms with Gasteiger partial charge < -0.3 is 9.97 Å². The lowest BCUT2D eigenvalue weighted by molar-refractivity contribution is 1.32. The van der Waals surface area contributed by atoms with Crippen LogP contribution in [0.15, 0.2) is 155 Å². The number of allylic oxidation sites excluding steroid dienone is 4. The summed E-state index contributed by atoms with van der Waals surface area (Å²) in [6.07, 6.45) is 15.4. The fraction of sp³-hybridized carbons (Fsp3) is 0. The van der Waals surface area contributed by atoms with Crippen LogP contribution in [0.2, 0.25) is 0 Å². The molecule has 2 aliphatic heterocycles. The Hall–Kier alpha value is -6.36. The Morgan fingerprint density at radius 3 is 1.32 bits per heavy atom. The van der Waals surface area contributed by atoms with Crippen molar-refractivity contribution >= 4 is 23.6 Å². The third kappa shape index (κ3) is 5.83. The minimum absolute atomic E-state index is 0.920. The molecule has 4 nitrogen and oxygen atoms in total. The molecule has 0 saturated carbocycles. The largest absolute Gasteiger partial charge is 0.361 e. The second kappa shape index (κ2) is 12.2. The molecule has 0 atom stereocenters. The Labute approximate surface area is 256 Å². The maximum Gasteiger partial charge on any atom is 0.0729 e. The van der Waals surface area contributed by atoms with Gasteiger partial charge >= 0.3 is 0 Å². The van der Waals surface area contributed by atoms with E-state index in [4.69, 9.17) is 0 Å². The van der Waals surface area contributed by atoms with E-state index in [0.29, 0.717) is 0 Å².